The Kier molecular flexibility index (Phi) is 6.36. The van der Waals surface area contributed by atoms with E-state index in [1.165, 1.54) is 5.57 Å². The number of hydrogen-bond acceptors (Lipinski definition) is 3. The first-order valence-corrected chi connectivity index (χ1v) is 6.75. The van der Waals surface area contributed by atoms with Gasteiger partial charge in [0, 0.05) is 33.7 Å². The number of hydrogen-bond donors (Lipinski definition) is 0. The predicted molar refractivity (Wildman–Crippen MR) is 73.5 cm³/mol. The molecule has 1 heterocycles. The van der Waals surface area contributed by atoms with Gasteiger partial charge in [-0.2, -0.15) is 0 Å². The van der Waals surface area contributed by atoms with E-state index in [2.05, 4.69) is 24.8 Å². The number of carbonyl (C=O) groups excluding carboxylic acids is 1. The highest BCUT2D eigenvalue weighted by Gasteiger charge is 2.27. The Morgan fingerprint density at radius 1 is 1.50 bits per heavy atom. The van der Waals surface area contributed by atoms with Crippen LogP contribution in [0.1, 0.15) is 26.7 Å². The first kappa shape index (κ1) is 15.2. The smallest absolute Gasteiger partial charge is 0.252 e. The van der Waals surface area contributed by atoms with Crippen LogP contribution in [0.5, 0.6) is 0 Å². The summed E-state index contributed by atoms with van der Waals surface area (Å²) in [6, 6.07) is 0. The highest BCUT2D eigenvalue weighted by molar-refractivity contribution is 5.80. The van der Waals surface area contributed by atoms with Gasteiger partial charge in [0.25, 0.3) is 5.91 Å². The van der Waals surface area contributed by atoms with Crippen LogP contribution in [0.2, 0.25) is 0 Å². The Labute approximate surface area is 111 Å². The van der Waals surface area contributed by atoms with Gasteiger partial charge in [-0.25, -0.2) is 0 Å². The van der Waals surface area contributed by atoms with Crippen molar-refractivity contribution in [2.45, 2.75) is 32.8 Å². The fraction of sp³-hybridized carbons (Fsp3) is 0.786. The molecule has 0 spiro atoms. The second-order valence-corrected chi connectivity index (χ2v) is 5.09. The van der Waals surface area contributed by atoms with Gasteiger partial charge >= 0.3 is 0 Å². The molecule has 0 bridgehead atoms. The molecular weight excluding hydrogens is 228 g/mol. The van der Waals surface area contributed by atoms with Crippen LogP contribution < -0.4 is 0 Å². The van der Waals surface area contributed by atoms with E-state index in [1.807, 2.05) is 0 Å². The number of nitrogens with zero attached hydrogens (tertiary/aromatic N) is 2. The van der Waals surface area contributed by atoms with E-state index in [-0.39, 0.29) is 12.0 Å². The van der Waals surface area contributed by atoms with E-state index in [1.54, 1.807) is 19.0 Å². The molecule has 18 heavy (non-hydrogen) atoms. The molecule has 4 nitrogen and oxygen atoms in total. The molecule has 1 saturated heterocycles. The van der Waals surface area contributed by atoms with Gasteiger partial charge in [0.15, 0.2) is 0 Å². The molecule has 0 aliphatic carbocycles. The molecule has 0 saturated carbocycles. The van der Waals surface area contributed by atoms with Gasteiger partial charge in [-0.15, -0.1) is 0 Å². The van der Waals surface area contributed by atoms with Crippen LogP contribution in [0, 0.1) is 0 Å². The molecule has 0 aromatic rings. The van der Waals surface area contributed by atoms with Crippen LogP contribution in [0.25, 0.3) is 0 Å². The summed E-state index contributed by atoms with van der Waals surface area (Å²) in [5, 5.41) is 0. The topological polar surface area (TPSA) is 32.8 Å². The normalized spacial score (nSPS) is 22.0. The lowest BCUT2D eigenvalue weighted by Gasteiger charge is -2.33. The zero-order valence-corrected chi connectivity index (χ0v) is 12.1. The Bertz CT molecular complexity index is 300. The van der Waals surface area contributed by atoms with Crippen molar-refractivity contribution in [1.82, 2.24) is 9.80 Å². The van der Waals surface area contributed by atoms with E-state index in [4.69, 9.17) is 4.74 Å². The third-order valence-electron chi connectivity index (χ3n) is 3.36. The van der Waals surface area contributed by atoms with Crippen molar-refractivity contribution in [3.8, 4) is 0 Å². The molecule has 1 unspecified atom stereocenters. The number of allylic oxidation sites excluding steroid dienone is 1. The molecule has 0 N–H and O–H groups in total. The molecule has 1 amide bonds. The van der Waals surface area contributed by atoms with E-state index in [9.17, 15) is 4.79 Å². The van der Waals surface area contributed by atoms with Crippen molar-refractivity contribution in [1.29, 1.82) is 0 Å². The lowest BCUT2D eigenvalue weighted by molar-refractivity contribution is -0.146. The van der Waals surface area contributed by atoms with E-state index < -0.39 is 0 Å². The van der Waals surface area contributed by atoms with E-state index >= 15 is 0 Å². The van der Waals surface area contributed by atoms with Crippen LogP contribution in [0.15, 0.2) is 11.6 Å². The quantitative estimate of drug-likeness (QED) is 0.697. The Balaban J connectivity index is 2.37. The molecule has 4 heteroatoms. The van der Waals surface area contributed by atoms with Crippen molar-refractivity contribution >= 4 is 5.91 Å². The molecule has 1 rings (SSSR count). The van der Waals surface area contributed by atoms with Crippen LogP contribution in [0.3, 0.4) is 0 Å². The van der Waals surface area contributed by atoms with E-state index in [0.717, 1.165) is 32.5 Å². The van der Waals surface area contributed by atoms with Gasteiger partial charge in [-0.3, -0.25) is 9.69 Å². The molecule has 1 aliphatic rings. The summed E-state index contributed by atoms with van der Waals surface area (Å²) in [5.74, 6) is 0.0694. The highest BCUT2D eigenvalue weighted by Crippen LogP contribution is 2.09. The standard InChI is InChI=1S/C14H26N2O2/c1-5-12(2)7-6-8-16-9-10-18-13(11-16)14(17)15(3)4/h7,13H,5-6,8-11H2,1-4H3/b12-7+. The molecule has 1 fully saturated rings. The van der Waals surface area contributed by atoms with Crippen LogP contribution in [-0.2, 0) is 9.53 Å². The number of ether oxygens (including phenoxy) is 1. The van der Waals surface area contributed by atoms with Crippen LogP contribution in [-0.4, -0.2) is 62.1 Å². The van der Waals surface area contributed by atoms with Gasteiger partial charge in [-0.05, 0) is 19.8 Å². The van der Waals surface area contributed by atoms with E-state index in [0.29, 0.717) is 6.61 Å². The first-order valence-electron chi connectivity index (χ1n) is 6.75. The fourth-order valence-corrected chi connectivity index (χ4v) is 1.98. The summed E-state index contributed by atoms with van der Waals surface area (Å²) >= 11 is 0. The average molecular weight is 254 g/mol. The number of carbonyl (C=O) groups is 1. The predicted octanol–water partition coefficient (Wildman–Crippen LogP) is 1.52. The molecule has 0 aromatic carbocycles. The Morgan fingerprint density at radius 2 is 2.22 bits per heavy atom. The van der Waals surface area contributed by atoms with Gasteiger partial charge < -0.3 is 9.64 Å². The molecule has 104 valence electrons. The van der Waals surface area contributed by atoms with Gasteiger partial charge in [0.2, 0.25) is 0 Å². The summed E-state index contributed by atoms with van der Waals surface area (Å²) in [6.07, 6.45) is 4.18. The lowest BCUT2D eigenvalue weighted by atomic mass is 10.2. The van der Waals surface area contributed by atoms with Crippen molar-refractivity contribution in [3.63, 3.8) is 0 Å². The van der Waals surface area contributed by atoms with Crippen molar-refractivity contribution in [2.75, 3.05) is 40.3 Å². The molecule has 0 aromatic heterocycles. The number of rotatable bonds is 5. The minimum absolute atomic E-state index is 0.0694. The number of amides is 1. The van der Waals surface area contributed by atoms with Gasteiger partial charge in [0.1, 0.15) is 6.10 Å². The minimum atomic E-state index is -0.287. The summed E-state index contributed by atoms with van der Waals surface area (Å²) in [5.41, 5.74) is 1.43. The Morgan fingerprint density at radius 3 is 2.83 bits per heavy atom. The third-order valence-corrected chi connectivity index (χ3v) is 3.36. The van der Waals surface area contributed by atoms with Crippen LogP contribution >= 0.6 is 0 Å². The monoisotopic (exact) mass is 254 g/mol. The first-order chi connectivity index (χ1) is 8.54. The maximum Gasteiger partial charge on any atom is 0.252 e. The van der Waals surface area contributed by atoms with Gasteiger partial charge in [0.05, 0.1) is 6.61 Å². The SMILES string of the molecule is CC/C(C)=C/CCN1CCOC(C(=O)N(C)C)C1. The lowest BCUT2D eigenvalue weighted by Crippen LogP contribution is -2.49. The Hall–Kier alpha value is -0.870. The molecule has 0 radical (unpaired) electrons. The summed E-state index contributed by atoms with van der Waals surface area (Å²) in [6.45, 7) is 7.65. The minimum Gasteiger partial charge on any atom is -0.366 e. The summed E-state index contributed by atoms with van der Waals surface area (Å²) < 4.78 is 5.53. The fourth-order valence-electron chi connectivity index (χ4n) is 1.98. The second kappa shape index (κ2) is 7.54. The third kappa shape index (κ3) is 4.78. The number of morpholine rings is 1. The zero-order chi connectivity index (χ0) is 13.5. The summed E-state index contributed by atoms with van der Waals surface area (Å²) in [4.78, 5) is 15.8. The molecular formula is C14H26N2O2. The largest absolute Gasteiger partial charge is 0.366 e. The number of likely N-dealkylation sites (N-methyl/N-ethyl adjacent to an activating group) is 1. The van der Waals surface area contributed by atoms with Crippen molar-refractivity contribution < 1.29 is 9.53 Å². The molecule has 1 aliphatic heterocycles. The molecule has 1 atom stereocenters. The van der Waals surface area contributed by atoms with Crippen molar-refractivity contribution in [3.05, 3.63) is 11.6 Å². The highest BCUT2D eigenvalue weighted by atomic mass is 16.5. The average Bonchev–Trinajstić information content (AvgIpc) is 2.37. The maximum atomic E-state index is 11.8. The zero-order valence-electron chi connectivity index (χ0n) is 12.1. The van der Waals surface area contributed by atoms with Crippen molar-refractivity contribution in [2.24, 2.45) is 0 Å². The summed E-state index contributed by atoms with van der Waals surface area (Å²) in [7, 11) is 3.55. The maximum absolute atomic E-state index is 11.8. The van der Waals surface area contributed by atoms with Gasteiger partial charge in [-0.1, -0.05) is 18.6 Å². The second-order valence-electron chi connectivity index (χ2n) is 5.09. The van der Waals surface area contributed by atoms with Crippen LogP contribution in [0.4, 0.5) is 0 Å².